The molecule has 1 atom stereocenters. The molecule has 1 fully saturated rings. The van der Waals surface area contributed by atoms with Crippen molar-refractivity contribution < 1.29 is 4.74 Å². The van der Waals surface area contributed by atoms with Gasteiger partial charge in [0.1, 0.15) is 0 Å². The van der Waals surface area contributed by atoms with Crippen LogP contribution in [0.25, 0.3) is 0 Å². The molecule has 0 bridgehead atoms. The van der Waals surface area contributed by atoms with Gasteiger partial charge in [-0.3, -0.25) is 4.90 Å². The monoisotopic (exact) mass is 268 g/mol. The van der Waals surface area contributed by atoms with Crippen LogP contribution in [0.3, 0.4) is 0 Å². The highest BCUT2D eigenvalue weighted by molar-refractivity contribution is 7.09. The standard InChI is InChI=1S/C14H24N2OS/c1-17-11-13(4-2-8-15)16(12-6-7-12)10-14-5-3-9-18-14/h3,5,9,12-13H,2,4,6-8,10-11,15H2,1H3. The molecule has 2 N–H and O–H groups in total. The molecule has 1 aliphatic carbocycles. The highest BCUT2D eigenvalue weighted by Gasteiger charge is 2.33. The molecule has 1 heterocycles. The Kier molecular flexibility index (Phi) is 5.63. The predicted molar refractivity (Wildman–Crippen MR) is 76.8 cm³/mol. The van der Waals surface area contributed by atoms with Gasteiger partial charge in [-0.25, -0.2) is 0 Å². The van der Waals surface area contributed by atoms with Crippen LogP contribution in [-0.4, -0.2) is 37.2 Å². The molecule has 2 rings (SSSR count). The SMILES string of the molecule is COCC(CCCN)N(Cc1cccs1)C1CC1. The topological polar surface area (TPSA) is 38.5 Å². The summed E-state index contributed by atoms with van der Waals surface area (Å²) in [6, 6.07) is 5.65. The maximum Gasteiger partial charge on any atom is 0.0618 e. The molecule has 0 saturated heterocycles. The molecule has 18 heavy (non-hydrogen) atoms. The fourth-order valence-electron chi connectivity index (χ4n) is 2.44. The van der Waals surface area contributed by atoms with E-state index in [-0.39, 0.29) is 0 Å². The number of rotatable bonds is 9. The van der Waals surface area contributed by atoms with E-state index in [0.717, 1.165) is 38.6 Å². The summed E-state index contributed by atoms with van der Waals surface area (Å²) in [4.78, 5) is 4.08. The van der Waals surface area contributed by atoms with E-state index < -0.39 is 0 Å². The summed E-state index contributed by atoms with van der Waals surface area (Å²) in [7, 11) is 1.80. The van der Waals surface area contributed by atoms with Gasteiger partial charge in [-0.1, -0.05) is 6.07 Å². The Bertz CT molecular complexity index is 325. The Morgan fingerprint density at radius 2 is 2.39 bits per heavy atom. The molecule has 1 aliphatic rings. The van der Waals surface area contributed by atoms with Crippen LogP contribution in [0.2, 0.25) is 0 Å². The van der Waals surface area contributed by atoms with Crippen molar-refractivity contribution in [3.05, 3.63) is 22.4 Å². The normalized spacial score (nSPS) is 17.3. The van der Waals surface area contributed by atoms with Gasteiger partial charge in [-0.2, -0.15) is 0 Å². The molecule has 102 valence electrons. The Balaban J connectivity index is 1.96. The summed E-state index contributed by atoms with van der Waals surface area (Å²) >= 11 is 1.85. The molecule has 0 aromatic carbocycles. The average Bonchev–Trinajstić information content (AvgIpc) is 3.09. The zero-order valence-electron chi connectivity index (χ0n) is 11.2. The minimum atomic E-state index is 0.521. The third-order valence-corrected chi connectivity index (χ3v) is 4.37. The second kappa shape index (κ2) is 7.24. The molecule has 3 nitrogen and oxygen atoms in total. The summed E-state index contributed by atoms with van der Waals surface area (Å²) < 4.78 is 5.40. The van der Waals surface area contributed by atoms with Crippen LogP contribution < -0.4 is 5.73 Å². The van der Waals surface area contributed by atoms with Crippen molar-refractivity contribution in [3.8, 4) is 0 Å². The first-order valence-electron chi connectivity index (χ1n) is 6.82. The summed E-state index contributed by atoms with van der Waals surface area (Å²) in [5.74, 6) is 0. The van der Waals surface area contributed by atoms with Gasteiger partial charge in [0.15, 0.2) is 0 Å². The molecule has 1 unspecified atom stereocenters. The summed E-state index contributed by atoms with van der Waals surface area (Å²) in [6.07, 6.45) is 4.91. The molecule has 1 saturated carbocycles. The first-order valence-corrected chi connectivity index (χ1v) is 7.70. The number of nitrogens with two attached hydrogens (primary N) is 1. The summed E-state index contributed by atoms with van der Waals surface area (Å²) in [6.45, 7) is 2.67. The second-order valence-electron chi connectivity index (χ2n) is 5.02. The van der Waals surface area contributed by atoms with E-state index >= 15 is 0 Å². The number of hydrogen-bond donors (Lipinski definition) is 1. The lowest BCUT2D eigenvalue weighted by molar-refractivity contribution is 0.0742. The van der Waals surface area contributed by atoms with Crippen LogP contribution in [0.5, 0.6) is 0 Å². The fourth-order valence-corrected chi connectivity index (χ4v) is 3.15. The van der Waals surface area contributed by atoms with Gasteiger partial charge in [-0.05, 0) is 43.7 Å². The maximum atomic E-state index is 5.64. The van der Waals surface area contributed by atoms with Gasteiger partial charge in [0.05, 0.1) is 6.61 Å². The molecule has 4 heteroatoms. The zero-order chi connectivity index (χ0) is 12.8. The zero-order valence-corrected chi connectivity index (χ0v) is 12.0. The van der Waals surface area contributed by atoms with Crippen molar-refractivity contribution in [3.63, 3.8) is 0 Å². The highest BCUT2D eigenvalue weighted by Crippen LogP contribution is 2.32. The number of thiophene rings is 1. The second-order valence-corrected chi connectivity index (χ2v) is 6.06. The number of nitrogens with zero attached hydrogens (tertiary/aromatic N) is 1. The first kappa shape index (κ1) is 14.0. The molecular weight excluding hydrogens is 244 g/mol. The van der Waals surface area contributed by atoms with E-state index in [4.69, 9.17) is 10.5 Å². The maximum absolute atomic E-state index is 5.64. The van der Waals surface area contributed by atoms with Crippen LogP contribution in [0.1, 0.15) is 30.6 Å². The largest absolute Gasteiger partial charge is 0.383 e. The first-order chi connectivity index (χ1) is 8.85. The van der Waals surface area contributed by atoms with Gasteiger partial charge in [-0.15, -0.1) is 11.3 Å². The number of methoxy groups -OCH3 is 1. The van der Waals surface area contributed by atoms with Crippen molar-refractivity contribution in [2.45, 2.75) is 44.3 Å². The van der Waals surface area contributed by atoms with E-state index in [0.29, 0.717) is 6.04 Å². The van der Waals surface area contributed by atoms with Gasteiger partial charge in [0, 0.05) is 30.6 Å². The van der Waals surface area contributed by atoms with Crippen molar-refractivity contribution in [1.29, 1.82) is 0 Å². The molecule has 0 spiro atoms. The Morgan fingerprint density at radius 1 is 1.56 bits per heavy atom. The van der Waals surface area contributed by atoms with Crippen LogP contribution in [0, 0.1) is 0 Å². The van der Waals surface area contributed by atoms with Gasteiger partial charge >= 0.3 is 0 Å². The van der Waals surface area contributed by atoms with E-state index in [2.05, 4.69) is 22.4 Å². The molecule has 0 aliphatic heterocycles. The Labute approximate surface area is 114 Å². The van der Waals surface area contributed by atoms with Crippen LogP contribution in [0.15, 0.2) is 17.5 Å². The van der Waals surface area contributed by atoms with Gasteiger partial charge in [0.25, 0.3) is 0 Å². The summed E-state index contributed by atoms with van der Waals surface area (Å²) in [5.41, 5.74) is 5.64. The average molecular weight is 268 g/mol. The Hall–Kier alpha value is -0.420. The van der Waals surface area contributed by atoms with Crippen molar-refractivity contribution in [2.75, 3.05) is 20.3 Å². The molecule has 1 aromatic heterocycles. The highest BCUT2D eigenvalue weighted by atomic mass is 32.1. The Morgan fingerprint density at radius 3 is 2.94 bits per heavy atom. The van der Waals surface area contributed by atoms with E-state index in [1.165, 1.54) is 17.7 Å². The van der Waals surface area contributed by atoms with Gasteiger partial charge in [0.2, 0.25) is 0 Å². The molecule has 1 aromatic rings. The van der Waals surface area contributed by atoms with Crippen molar-refractivity contribution in [2.24, 2.45) is 5.73 Å². The minimum absolute atomic E-state index is 0.521. The van der Waals surface area contributed by atoms with Crippen molar-refractivity contribution in [1.82, 2.24) is 4.90 Å². The number of hydrogen-bond acceptors (Lipinski definition) is 4. The van der Waals surface area contributed by atoms with Crippen LogP contribution in [0.4, 0.5) is 0 Å². The predicted octanol–water partition coefficient (Wildman–Crippen LogP) is 2.47. The molecular formula is C14H24N2OS. The molecule has 0 amide bonds. The lowest BCUT2D eigenvalue weighted by Gasteiger charge is -2.31. The van der Waals surface area contributed by atoms with Crippen LogP contribution in [-0.2, 0) is 11.3 Å². The van der Waals surface area contributed by atoms with Crippen molar-refractivity contribution >= 4 is 11.3 Å². The number of ether oxygens (including phenoxy) is 1. The lowest BCUT2D eigenvalue weighted by atomic mass is 10.1. The van der Waals surface area contributed by atoms with E-state index in [1.807, 2.05) is 11.3 Å². The minimum Gasteiger partial charge on any atom is -0.383 e. The third kappa shape index (κ3) is 4.05. The summed E-state index contributed by atoms with van der Waals surface area (Å²) in [5, 5.41) is 2.16. The van der Waals surface area contributed by atoms with E-state index in [9.17, 15) is 0 Å². The van der Waals surface area contributed by atoms with Gasteiger partial charge < -0.3 is 10.5 Å². The molecule has 0 radical (unpaired) electrons. The third-order valence-electron chi connectivity index (χ3n) is 3.50. The van der Waals surface area contributed by atoms with Crippen LogP contribution >= 0.6 is 11.3 Å². The lowest BCUT2D eigenvalue weighted by Crippen LogP contribution is -2.39. The smallest absolute Gasteiger partial charge is 0.0618 e. The quantitative estimate of drug-likeness (QED) is 0.748. The fraction of sp³-hybridized carbons (Fsp3) is 0.714. The van der Waals surface area contributed by atoms with E-state index in [1.54, 1.807) is 7.11 Å².